The zero-order chi connectivity index (χ0) is 23.1. The topological polar surface area (TPSA) is 72.3 Å². The number of nitrogens with zero attached hydrogens (tertiary/aromatic N) is 6. The van der Waals surface area contributed by atoms with Crippen molar-refractivity contribution < 1.29 is 26.3 Å². The first kappa shape index (κ1) is 21.1. The third-order valence-electron chi connectivity index (χ3n) is 4.44. The predicted molar refractivity (Wildman–Crippen MR) is 98.6 cm³/mol. The molecule has 32 heavy (non-hydrogen) atoms. The van der Waals surface area contributed by atoms with Gasteiger partial charge in [-0.25, -0.2) is 14.6 Å². The summed E-state index contributed by atoms with van der Waals surface area (Å²) >= 11 is 0. The molecule has 2 heterocycles. The Morgan fingerprint density at radius 1 is 0.812 bits per heavy atom. The van der Waals surface area contributed by atoms with E-state index in [0.29, 0.717) is 17.8 Å². The number of rotatable bonds is 3. The molecular weight excluding hydrogens is 438 g/mol. The van der Waals surface area contributed by atoms with Crippen molar-refractivity contribution >= 4 is 0 Å². The van der Waals surface area contributed by atoms with Crippen LogP contribution >= 0.6 is 0 Å². The fourth-order valence-electron chi connectivity index (χ4n) is 3.00. The van der Waals surface area contributed by atoms with Gasteiger partial charge in [0.05, 0.1) is 11.1 Å². The van der Waals surface area contributed by atoms with Crippen LogP contribution in [0.1, 0.15) is 16.8 Å². The van der Waals surface area contributed by atoms with E-state index in [1.54, 1.807) is 30.3 Å². The molecule has 2 aromatic heterocycles. The SMILES string of the molecule is N#Cc1ncn(-c2ccccc2)c1-n1cnc(-c2cc(C(F)(F)F)cc(C(F)(F)F)c2)n1. The number of nitriles is 1. The molecule has 4 aromatic rings. The molecule has 0 radical (unpaired) electrons. The maximum Gasteiger partial charge on any atom is 0.416 e. The molecule has 0 atom stereocenters. The van der Waals surface area contributed by atoms with Crippen LogP contribution in [0.4, 0.5) is 26.3 Å². The van der Waals surface area contributed by atoms with Crippen LogP contribution in [0.25, 0.3) is 22.9 Å². The summed E-state index contributed by atoms with van der Waals surface area (Å²) in [5, 5.41) is 13.4. The van der Waals surface area contributed by atoms with Gasteiger partial charge in [0.2, 0.25) is 0 Å². The lowest BCUT2D eigenvalue weighted by atomic mass is 10.0. The second-order valence-electron chi connectivity index (χ2n) is 6.54. The van der Waals surface area contributed by atoms with Crippen molar-refractivity contribution in [3.8, 4) is 29.0 Å². The molecule has 0 bridgehead atoms. The molecule has 0 aliphatic carbocycles. The molecule has 0 saturated carbocycles. The summed E-state index contributed by atoms with van der Waals surface area (Å²) in [6.07, 6.45) is -7.58. The molecule has 4 rings (SSSR count). The first-order valence-corrected chi connectivity index (χ1v) is 8.82. The molecule has 0 unspecified atom stereocenters. The third-order valence-corrected chi connectivity index (χ3v) is 4.44. The summed E-state index contributed by atoms with van der Waals surface area (Å²) in [6, 6.07) is 11.6. The Kier molecular flexibility index (Phi) is 4.96. The monoisotopic (exact) mass is 448 g/mol. The minimum absolute atomic E-state index is 0.0265. The van der Waals surface area contributed by atoms with Crippen molar-refractivity contribution in [2.75, 3.05) is 0 Å². The van der Waals surface area contributed by atoms with Crippen LogP contribution in [-0.4, -0.2) is 24.3 Å². The van der Waals surface area contributed by atoms with Crippen LogP contribution in [0.15, 0.2) is 61.2 Å². The Balaban J connectivity index is 1.85. The summed E-state index contributed by atoms with van der Waals surface area (Å²) in [7, 11) is 0. The van der Waals surface area contributed by atoms with Gasteiger partial charge in [-0.05, 0) is 30.3 Å². The molecule has 0 amide bonds. The number of aromatic nitrogens is 5. The third kappa shape index (κ3) is 3.92. The van der Waals surface area contributed by atoms with Crippen molar-refractivity contribution in [2.24, 2.45) is 0 Å². The van der Waals surface area contributed by atoms with E-state index in [0.717, 1.165) is 11.0 Å². The fourth-order valence-corrected chi connectivity index (χ4v) is 3.00. The van der Waals surface area contributed by atoms with Gasteiger partial charge in [-0.1, -0.05) is 18.2 Å². The first-order valence-electron chi connectivity index (χ1n) is 8.82. The van der Waals surface area contributed by atoms with Crippen molar-refractivity contribution in [2.45, 2.75) is 12.4 Å². The lowest BCUT2D eigenvalue weighted by Gasteiger charge is -2.13. The van der Waals surface area contributed by atoms with E-state index in [1.807, 2.05) is 6.07 Å². The number of hydrogen-bond donors (Lipinski definition) is 0. The van der Waals surface area contributed by atoms with E-state index in [4.69, 9.17) is 0 Å². The number of hydrogen-bond acceptors (Lipinski definition) is 4. The van der Waals surface area contributed by atoms with Crippen LogP contribution in [0, 0.1) is 11.3 Å². The van der Waals surface area contributed by atoms with Crippen LogP contribution in [-0.2, 0) is 12.4 Å². The lowest BCUT2D eigenvalue weighted by molar-refractivity contribution is -0.143. The average Bonchev–Trinajstić information content (AvgIpc) is 3.39. The van der Waals surface area contributed by atoms with E-state index in [9.17, 15) is 31.6 Å². The van der Waals surface area contributed by atoms with Gasteiger partial charge in [-0.15, -0.1) is 5.10 Å². The maximum atomic E-state index is 13.2. The van der Waals surface area contributed by atoms with E-state index in [2.05, 4.69) is 15.1 Å². The Bertz CT molecular complexity index is 1280. The molecule has 0 spiro atoms. The Labute approximate surface area is 176 Å². The van der Waals surface area contributed by atoms with Crippen LogP contribution in [0.2, 0.25) is 0 Å². The van der Waals surface area contributed by atoms with Gasteiger partial charge in [0.1, 0.15) is 18.7 Å². The quantitative estimate of drug-likeness (QED) is 0.412. The minimum atomic E-state index is -5.00. The first-order chi connectivity index (χ1) is 15.1. The zero-order valence-electron chi connectivity index (χ0n) is 15.7. The standard InChI is InChI=1S/C20H10F6N6/c21-19(22,23)13-6-12(7-14(8-13)20(24,25)26)17-29-11-32(30-17)18-16(9-27)28-10-31(18)15-4-2-1-3-5-15/h1-8,10-11H. The number of halogens is 6. The second kappa shape index (κ2) is 7.52. The second-order valence-corrected chi connectivity index (χ2v) is 6.54. The number of alkyl halides is 6. The molecule has 0 saturated heterocycles. The molecule has 12 heteroatoms. The predicted octanol–water partition coefficient (Wildman–Crippen LogP) is 5.03. The van der Waals surface area contributed by atoms with Gasteiger partial charge in [0, 0.05) is 11.3 Å². The molecule has 0 aliphatic heterocycles. The van der Waals surface area contributed by atoms with Gasteiger partial charge < -0.3 is 0 Å². The van der Waals surface area contributed by atoms with Gasteiger partial charge in [0.25, 0.3) is 0 Å². The highest BCUT2D eigenvalue weighted by Crippen LogP contribution is 2.38. The van der Waals surface area contributed by atoms with Crippen molar-refractivity contribution in [3.63, 3.8) is 0 Å². The Hall–Kier alpha value is -4.14. The molecule has 0 fully saturated rings. The van der Waals surface area contributed by atoms with Crippen molar-refractivity contribution in [1.82, 2.24) is 24.3 Å². The van der Waals surface area contributed by atoms with E-state index in [-0.39, 0.29) is 23.4 Å². The van der Waals surface area contributed by atoms with E-state index >= 15 is 0 Å². The Morgan fingerprint density at radius 3 is 2.00 bits per heavy atom. The van der Waals surface area contributed by atoms with Crippen LogP contribution in [0.3, 0.4) is 0 Å². The largest absolute Gasteiger partial charge is 0.416 e. The van der Waals surface area contributed by atoms with Crippen molar-refractivity contribution in [3.05, 3.63) is 78.0 Å². The highest BCUT2D eigenvalue weighted by Gasteiger charge is 2.37. The summed E-state index contributed by atoms with van der Waals surface area (Å²) in [5.74, 6) is -0.258. The summed E-state index contributed by atoms with van der Waals surface area (Å²) in [5.41, 5.74) is -2.90. The van der Waals surface area contributed by atoms with Gasteiger partial charge >= 0.3 is 12.4 Å². The van der Waals surface area contributed by atoms with Gasteiger partial charge in [-0.3, -0.25) is 4.57 Å². The molecular formula is C20H10F6N6. The zero-order valence-corrected chi connectivity index (χ0v) is 15.7. The lowest BCUT2D eigenvalue weighted by Crippen LogP contribution is -2.11. The number of benzene rings is 2. The molecule has 162 valence electrons. The normalized spacial score (nSPS) is 12.0. The molecule has 6 nitrogen and oxygen atoms in total. The summed E-state index contributed by atoms with van der Waals surface area (Å²) in [6.45, 7) is 0. The van der Waals surface area contributed by atoms with Gasteiger partial charge in [-0.2, -0.15) is 31.6 Å². The highest BCUT2D eigenvalue weighted by atomic mass is 19.4. The van der Waals surface area contributed by atoms with E-state index in [1.165, 1.54) is 10.9 Å². The van der Waals surface area contributed by atoms with Gasteiger partial charge in [0.15, 0.2) is 17.3 Å². The number of imidazole rings is 1. The molecule has 0 N–H and O–H groups in total. The fraction of sp³-hybridized carbons (Fsp3) is 0.100. The van der Waals surface area contributed by atoms with E-state index < -0.39 is 29.0 Å². The molecule has 0 aliphatic rings. The summed E-state index contributed by atoms with van der Waals surface area (Å²) < 4.78 is 81.5. The van der Waals surface area contributed by atoms with Crippen LogP contribution < -0.4 is 0 Å². The smallest absolute Gasteiger partial charge is 0.283 e. The van der Waals surface area contributed by atoms with Crippen LogP contribution in [0.5, 0.6) is 0 Å². The average molecular weight is 448 g/mol. The molecule has 2 aromatic carbocycles. The maximum absolute atomic E-state index is 13.2. The minimum Gasteiger partial charge on any atom is -0.283 e. The van der Waals surface area contributed by atoms with Crippen molar-refractivity contribution in [1.29, 1.82) is 5.26 Å². The number of para-hydroxylation sites is 1. The summed E-state index contributed by atoms with van der Waals surface area (Å²) in [4.78, 5) is 7.84. The highest BCUT2D eigenvalue weighted by molar-refractivity contribution is 5.59. The Morgan fingerprint density at radius 2 is 1.44 bits per heavy atom.